The number of carbonyl (C=O) groups excluding carboxylic acids is 1. The van der Waals surface area contributed by atoms with Gasteiger partial charge in [-0.15, -0.1) is 0 Å². The van der Waals surface area contributed by atoms with Crippen molar-refractivity contribution < 1.29 is 9.53 Å². The molecule has 1 fully saturated rings. The van der Waals surface area contributed by atoms with Gasteiger partial charge in [-0.3, -0.25) is 9.69 Å². The third-order valence-corrected chi connectivity index (χ3v) is 3.80. The third kappa shape index (κ3) is 5.38. The summed E-state index contributed by atoms with van der Waals surface area (Å²) in [6, 6.07) is -0.404. The fourth-order valence-corrected chi connectivity index (χ4v) is 2.67. The first-order chi connectivity index (χ1) is 9.23. The first-order valence-electron chi connectivity index (χ1n) is 7.53. The number of likely N-dealkylation sites (N-methyl/N-ethyl adjacent to an activating group) is 1. The number of amides is 1. The van der Waals surface area contributed by atoms with Gasteiger partial charge in [-0.1, -0.05) is 27.7 Å². The van der Waals surface area contributed by atoms with Crippen LogP contribution in [0.25, 0.3) is 0 Å². The quantitative estimate of drug-likeness (QED) is 0.784. The molecule has 0 radical (unpaired) electrons. The molecule has 0 aliphatic carbocycles. The molecular weight excluding hydrogens is 254 g/mol. The highest BCUT2D eigenvalue weighted by Crippen LogP contribution is 2.20. The number of nitrogens with two attached hydrogens (primary N) is 1. The molecule has 1 aliphatic rings. The van der Waals surface area contributed by atoms with Crippen molar-refractivity contribution in [3.63, 3.8) is 0 Å². The summed E-state index contributed by atoms with van der Waals surface area (Å²) in [7, 11) is 1.85. The third-order valence-electron chi connectivity index (χ3n) is 3.80. The first kappa shape index (κ1) is 17.4. The van der Waals surface area contributed by atoms with Crippen molar-refractivity contribution in [2.24, 2.45) is 17.1 Å². The maximum atomic E-state index is 12.2. The zero-order valence-corrected chi connectivity index (χ0v) is 13.7. The van der Waals surface area contributed by atoms with E-state index >= 15 is 0 Å². The van der Waals surface area contributed by atoms with Gasteiger partial charge in [0.1, 0.15) is 0 Å². The molecule has 2 N–H and O–H groups in total. The van der Waals surface area contributed by atoms with Gasteiger partial charge in [-0.05, 0) is 11.3 Å². The van der Waals surface area contributed by atoms with Gasteiger partial charge in [0.25, 0.3) is 0 Å². The number of nitrogens with zero attached hydrogens (tertiary/aromatic N) is 2. The van der Waals surface area contributed by atoms with Crippen molar-refractivity contribution in [2.75, 3.05) is 46.4 Å². The molecular formula is C15H31N3O2. The van der Waals surface area contributed by atoms with Gasteiger partial charge >= 0.3 is 0 Å². The van der Waals surface area contributed by atoms with E-state index in [1.807, 2.05) is 20.9 Å². The molecule has 0 aromatic heterocycles. The first-order valence-corrected chi connectivity index (χ1v) is 7.53. The Hall–Kier alpha value is -0.650. The lowest BCUT2D eigenvalue weighted by molar-refractivity contribution is -0.133. The SMILES string of the molecule is CC(C)[C@H](N)C(=O)N(C)CC(C)(C)CN1CCOCC1. The van der Waals surface area contributed by atoms with Crippen LogP contribution in [0.1, 0.15) is 27.7 Å². The lowest BCUT2D eigenvalue weighted by atomic mass is 9.91. The number of hydrogen-bond donors (Lipinski definition) is 1. The van der Waals surface area contributed by atoms with Gasteiger partial charge in [0.15, 0.2) is 0 Å². The highest BCUT2D eigenvalue weighted by Gasteiger charge is 2.28. The molecule has 1 saturated heterocycles. The summed E-state index contributed by atoms with van der Waals surface area (Å²) in [5, 5.41) is 0. The molecule has 1 atom stereocenters. The number of morpholine rings is 1. The van der Waals surface area contributed by atoms with E-state index in [0.29, 0.717) is 0 Å². The molecule has 0 bridgehead atoms. The highest BCUT2D eigenvalue weighted by atomic mass is 16.5. The Kier molecular flexibility index (Phi) is 6.43. The zero-order valence-electron chi connectivity index (χ0n) is 13.7. The Morgan fingerprint density at radius 1 is 1.35 bits per heavy atom. The normalized spacial score (nSPS) is 19.1. The van der Waals surface area contributed by atoms with E-state index in [4.69, 9.17) is 10.5 Å². The average Bonchev–Trinajstić information content (AvgIpc) is 2.36. The van der Waals surface area contributed by atoms with Crippen molar-refractivity contribution in [1.29, 1.82) is 0 Å². The fourth-order valence-electron chi connectivity index (χ4n) is 2.67. The highest BCUT2D eigenvalue weighted by molar-refractivity contribution is 5.81. The average molecular weight is 285 g/mol. The zero-order chi connectivity index (χ0) is 15.3. The van der Waals surface area contributed by atoms with E-state index in [-0.39, 0.29) is 17.2 Å². The number of carbonyl (C=O) groups is 1. The monoisotopic (exact) mass is 285 g/mol. The molecule has 118 valence electrons. The molecule has 1 amide bonds. The van der Waals surface area contributed by atoms with Crippen molar-refractivity contribution in [2.45, 2.75) is 33.7 Å². The van der Waals surface area contributed by atoms with Crippen LogP contribution in [-0.4, -0.2) is 68.2 Å². The molecule has 0 aromatic rings. The van der Waals surface area contributed by atoms with Crippen molar-refractivity contribution >= 4 is 5.91 Å². The molecule has 1 aliphatic heterocycles. The summed E-state index contributed by atoms with van der Waals surface area (Å²) >= 11 is 0. The molecule has 0 spiro atoms. The van der Waals surface area contributed by atoms with Crippen LogP contribution in [-0.2, 0) is 9.53 Å². The van der Waals surface area contributed by atoms with Crippen LogP contribution in [0.15, 0.2) is 0 Å². The van der Waals surface area contributed by atoms with E-state index < -0.39 is 6.04 Å². The maximum Gasteiger partial charge on any atom is 0.239 e. The summed E-state index contributed by atoms with van der Waals surface area (Å²) in [5.74, 6) is 0.211. The summed E-state index contributed by atoms with van der Waals surface area (Å²) < 4.78 is 5.37. The van der Waals surface area contributed by atoms with Gasteiger partial charge in [0, 0.05) is 33.2 Å². The Morgan fingerprint density at radius 3 is 2.40 bits per heavy atom. The minimum Gasteiger partial charge on any atom is -0.379 e. The Morgan fingerprint density at radius 2 is 1.90 bits per heavy atom. The van der Waals surface area contributed by atoms with E-state index in [1.165, 1.54) is 0 Å². The molecule has 0 aromatic carbocycles. The van der Waals surface area contributed by atoms with Crippen LogP contribution in [0.2, 0.25) is 0 Å². The summed E-state index contributed by atoms with van der Waals surface area (Å²) in [6.07, 6.45) is 0. The predicted octanol–water partition coefficient (Wildman–Crippen LogP) is 0.787. The lowest BCUT2D eigenvalue weighted by Gasteiger charge is -2.37. The molecule has 5 nitrogen and oxygen atoms in total. The molecule has 1 rings (SSSR count). The minimum atomic E-state index is -0.404. The van der Waals surface area contributed by atoms with E-state index in [2.05, 4.69) is 18.7 Å². The molecule has 0 saturated carbocycles. The standard InChI is InChI=1S/C15H31N3O2/c1-12(2)13(16)14(19)17(5)10-15(3,4)11-18-6-8-20-9-7-18/h12-13H,6-11,16H2,1-5H3/t13-/m0/s1. The molecule has 5 heteroatoms. The van der Waals surface area contributed by atoms with Crippen molar-refractivity contribution in [3.8, 4) is 0 Å². The lowest BCUT2D eigenvalue weighted by Crippen LogP contribution is -2.50. The van der Waals surface area contributed by atoms with Crippen LogP contribution in [0.5, 0.6) is 0 Å². The summed E-state index contributed by atoms with van der Waals surface area (Å²) in [4.78, 5) is 16.4. The Labute approximate surface area is 123 Å². The van der Waals surface area contributed by atoms with Crippen LogP contribution < -0.4 is 5.73 Å². The van der Waals surface area contributed by atoms with Gasteiger partial charge < -0.3 is 15.4 Å². The second-order valence-electron chi connectivity index (χ2n) is 7.02. The summed E-state index contributed by atoms with van der Waals surface area (Å²) in [6.45, 7) is 13.6. The number of rotatable bonds is 6. The molecule has 1 heterocycles. The van der Waals surface area contributed by atoms with E-state index in [0.717, 1.165) is 39.4 Å². The second-order valence-corrected chi connectivity index (χ2v) is 7.02. The van der Waals surface area contributed by atoms with Crippen LogP contribution in [0, 0.1) is 11.3 Å². The van der Waals surface area contributed by atoms with Gasteiger partial charge in [0.2, 0.25) is 5.91 Å². The van der Waals surface area contributed by atoms with Gasteiger partial charge in [0.05, 0.1) is 19.3 Å². The second kappa shape index (κ2) is 7.38. The Balaban J connectivity index is 2.49. The fraction of sp³-hybridized carbons (Fsp3) is 0.933. The Bertz CT molecular complexity index is 312. The maximum absolute atomic E-state index is 12.2. The van der Waals surface area contributed by atoms with Crippen LogP contribution >= 0.6 is 0 Å². The van der Waals surface area contributed by atoms with Gasteiger partial charge in [-0.2, -0.15) is 0 Å². The minimum absolute atomic E-state index is 0.0371. The van der Waals surface area contributed by atoms with E-state index in [9.17, 15) is 4.79 Å². The predicted molar refractivity (Wildman–Crippen MR) is 81.5 cm³/mol. The number of ether oxygens (including phenoxy) is 1. The van der Waals surface area contributed by atoms with Crippen LogP contribution in [0.4, 0.5) is 0 Å². The van der Waals surface area contributed by atoms with Gasteiger partial charge in [-0.25, -0.2) is 0 Å². The largest absolute Gasteiger partial charge is 0.379 e. The van der Waals surface area contributed by atoms with Crippen molar-refractivity contribution in [1.82, 2.24) is 9.80 Å². The summed E-state index contributed by atoms with van der Waals surface area (Å²) in [5.41, 5.74) is 6.00. The van der Waals surface area contributed by atoms with E-state index in [1.54, 1.807) is 4.90 Å². The molecule has 0 unspecified atom stereocenters. The smallest absolute Gasteiger partial charge is 0.239 e. The topological polar surface area (TPSA) is 58.8 Å². The van der Waals surface area contributed by atoms with Crippen LogP contribution in [0.3, 0.4) is 0 Å². The molecule has 20 heavy (non-hydrogen) atoms. The number of hydrogen-bond acceptors (Lipinski definition) is 4. The van der Waals surface area contributed by atoms with Crippen molar-refractivity contribution in [3.05, 3.63) is 0 Å².